The summed E-state index contributed by atoms with van der Waals surface area (Å²) in [5, 5.41) is 12.2. The molecule has 1 aromatic carbocycles. The maximum Gasteiger partial charge on any atom is 1.00 e. The number of benzene rings is 1. The van der Waals surface area contributed by atoms with Crippen molar-refractivity contribution in [3.8, 4) is 0 Å². The van der Waals surface area contributed by atoms with E-state index in [4.69, 9.17) is 13.8 Å². The molecule has 0 saturated heterocycles. The van der Waals surface area contributed by atoms with E-state index in [0.29, 0.717) is 0 Å². The fraction of sp³-hybridized carbons (Fsp3) is 0.579. The molecule has 0 unspecified atom stereocenters. The molecule has 140 valence electrons. The summed E-state index contributed by atoms with van der Waals surface area (Å²) in [7, 11) is -1.03. The first kappa shape index (κ1) is 23.3. The molecule has 2 atom stereocenters. The predicted molar refractivity (Wildman–Crippen MR) is 96.0 cm³/mol. The molecule has 0 heterocycles. The molecular weight excluding hydrogens is 346 g/mol. The number of hydrogen-bond donors (Lipinski definition) is 0. The topological polar surface area (TPSA) is 67.8 Å². The van der Waals surface area contributed by atoms with Crippen molar-refractivity contribution in [2.45, 2.75) is 51.0 Å². The van der Waals surface area contributed by atoms with Crippen LogP contribution < -0.4 is 24.0 Å². The second kappa shape index (κ2) is 10.0. The van der Waals surface area contributed by atoms with Crippen molar-refractivity contribution in [1.29, 1.82) is 0 Å². The van der Waals surface area contributed by atoms with E-state index >= 15 is 0 Å². The van der Waals surface area contributed by atoms with Crippen molar-refractivity contribution in [2.75, 3.05) is 14.2 Å². The van der Waals surface area contributed by atoms with Gasteiger partial charge in [-0.05, 0) is 29.7 Å². The average Bonchev–Trinajstić information content (AvgIpc) is 2.62. The molecule has 7 heteroatoms. The largest absolute Gasteiger partial charge is 1.00 e. The Balaban J connectivity index is 0.00000338. The zero-order valence-corrected chi connectivity index (χ0v) is 17.3. The molecule has 1 fully saturated rings. The normalized spacial score (nSPS) is 21.8. The molecule has 1 aliphatic carbocycles. The van der Waals surface area contributed by atoms with Gasteiger partial charge in [-0.3, -0.25) is 4.57 Å². The minimum absolute atomic E-state index is 0. The number of ether oxygens (including phenoxy) is 1. The second-order valence-corrected chi connectivity index (χ2v) is 9.06. The minimum atomic E-state index is -3.52. The zero-order chi connectivity index (χ0) is 18.5. The van der Waals surface area contributed by atoms with Crippen molar-refractivity contribution in [1.82, 2.24) is 0 Å². The summed E-state index contributed by atoms with van der Waals surface area (Å²) in [5.41, 5.74) is 1.10. The van der Waals surface area contributed by atoms with Crippen LogP contribution in [-0.4, -0.2) is 20.3 Å². The molecule has 1 aliphatic rings. The molecule has 26 heavy (non-hydrogen) atoms. The van der Waals surface area contributed by atoms with Crippen LogP contribution in [0.2, 0.25) is 0 Å². The van der Waals surface area contributed by atoms with Crippen LogP contribution in [0.3, 0.4) is 0 Å². The van der Waals surface area contributed by atoms with Gasteiger partial charge in [0.15, 0.2) is 0 Å². The van der Waals surface area contributed by atoms with Crippen LogP contribution in [-0.2, 0) is 23.8 Å². The van der Waals surface area contributed by atoms with Gasteiger partial charge in [0, 0.05) is 26.1 Å². The summed E-state index contributed by atoms with van der Waals surface area (Å²) in [6.45, 7) is 4.39. The first-order valence-corrected chi connectivity index (χ1v) is 10.3. The van der Waals surface area contributed by atoms with Crippen LogP contribution in [0.5, 0.6) is 0 Å². The van der Waals surface area contributed by atoms with Crippen LogP contribution in [0.1, 0.15) is 45.1 Å². The molecule has 1 saturated carbocycles. The van der Waals surface area contributed by atoms with Gasteiger partial charge in [-0.1, -0.05) is 57.0 Å². The van der Waals surface area contributed by atoms with Crippen molar-refractivity contribution < 1.29 is 42.3 Å². The van der Waals surface area contributed by atoms with Crippen LogP contribution in [0.25, 0.3) is 0 Å². The van der Waals surface area contributed by atoms with E-state index in [0.717, 1.165) is 31.5 Å². The third kappa shape index (κ3) is 5.65. The molecule has 2 rings (SSSR count). The number of rotatable bonds is 7. The van der Waals surface area contributed by atoms with E-state index in [9.17, 15) is 9.67 Å². The van der Waals surface area contributed by atoms with Crippen molar-refractivity contribution in [3.63, 3.8) is 0 Å². The monoisotopic (exact) mass is 374 g/mol. The summed E-state index contributed by atoms with van der Waals surface area (Å²) >= 11 is 0. The summed E-state index contributed by atoms with van der Waals surface area (Å²) in [4.78, 5) is 0. The van der Waals surface area contributed by atoms with Gasteiger partial charge in [-0.25, -0.2) is 0 Å². The summed E-state index contributed by atoms with van der Waals surface area (Å²) in [6, 6.07) is 10.3. The molecule has 0 aromatic heterocycles. The molecule has 0 aliphatic heterocycles. The van der Waals surface area contributed by atoms with E-state index in [1.165, 1.54) is 19.8 Å². The van der Waals surface area contributed by atoms with Gasteiger partial charge in [0.1, 0.15) is 0 Å². The van der Waals surface area contributed by atoms with Gasteiger partial charge < -0.3 is 18.9 Å². The Labute approximate surface area is 168 Å². The summed E-state index contributed by atoms with van der Waals surface area (Å²) in [6.07, 6.45) is 3.73. The molecule has 0 amide bonds. The Morgan fingerprint density at radius 3 is 2.31 bits per heavy atom. The van der Waals surface area contributed by atoms with E-state index in [1.54, 1.807) is 0 Å². The molecule has 1 aromatic rings. The standard InChI is InChI=1S/C19H29O5P.Li/c1-19(2,15-10-6-5-7-11-15)16-12-8-9-13-17(16)24-18(20)14-25(21,22-3)23-4;/h5-7,10-11,14,16-17,20H,8-9,12-13H2,1-4H3;/q;+1/p-1/b18-14-;/t16-,17-;/m0./s1. The Morgan fingerprint density at radius 2 is 1.73 bits per heavy atom. The smallest absolute Gasteiger partial charge is 0.609 e. The zero-order valence-electron chi connectivity index (χ0n) is 16.4. The van der Waals surface area contributed by atoms with Crippen molar-refractivity contribution >= 4 is 7.60 Å². The van der Waals surface area contributed by atoms with Gasteiger partial charge in [0.05, 0.1) is 5.95 Å². The van der Waals surface area contributed by atoms with Crippen LogP contribution in [0.15, 0.2) is 42.1 Å². The maximum atomic E-state index is 12.2. The Bertz CT molecular complexity index is 624. The van der Waals surface area contributed by atoms with Gasteiger partial charge in [-0.15, -0.1) is 0 Å². The number of hydrogen-bond acceptors (Lipinski definition) is 5. The van der Waals surface area contributed by atoms with Crippen molar-refractivity contribution in [2.24, 2.45) is 5.92 Å². The quantitative estimate of drug-likeness (QED) is 0.407. The second-order valence-electron chi connectivity index (χ2n) is 6.99. The first-order chi connectivity index (χ1) is 11.8. The fourth-order valence-electron chi connectivity index (χ4n) is 3.63. The SMILES string of the molecule is COP(=O)(/C=C(/[O-])O[C@H]1CCCC[C@@H]1C(C)(C)c1ccccc1)OC.[Li+]. The Morgan fingerprint density at radius 1 is 1.15 bits per heavy atom. The van der Waals surface area contributed by atoms with Gasteiger partial charge >= 0.3 is 26.5 Å². The van der Waals surface area contributed by atoms with E-state index < -0.39 is 13.5 Å². The van der Waals surface area contributed by atoms with Crippen LogP contribution >= 0.6 is 7.60 Å². The first-order valence-electron chi connectivity index (χ1n) is 8.65. The van der Waals surface area contributed by atoms with Gasteiger partial charge in [-0.2, -0.15) is 0 Å². The third-order valence-electron chi connectivity index (χ3n) is 5.19. The molecular formula is C19H28LiO5P. The van der Waals surface area contributed by atoms with Gasteiger partial charge in [0.2, 0.25) is 0 Å². The van der Waals surface area contributed by atoms with E-state index in [1.807, 2.05) is 18.2 Å². The molecule has 5 nitrogen and oxygen atoms in total. The Hall–Kier alpha value is -0.693. The third-order valence-corrected chi connectivity index (χ3v) is 6.73. The Kier molecular flexibility index (Phi) is 8.99. The van der Waals surface area contributed by atoms with Gasteiger partial charge in [0.25, 0.3) is 0 Å². The van der Waals surface area contributed by atoms with E-state index in [2.05, 4.69) is 26.0 Å². The minimum Gasteiger partial charge on any atom is -0.609 e. The average molecular weight is 374 g/mol. The predicted octanol–water partition coefficient (Wildman–Crippen LogP) is 1.19. The van der Waals surface area contributed by atoms with E-state index in [-0.39, 0.29) is 36.3 Å². The molecule has 0 bridgehead atoms. The van der Waals surface area contributed by atoms with Crippen LogP contribution in [0, 0.1) is 5.92 Å². The van der Waals surface area contributed by atoms with Crippen LogP contribution in [0.4, 0.5) is 0 Å². The molecule has 0 N–H and O–H groups in total. The fourth-order valence-corrected chi connectivity index (χ4v) is 4.31. The van der Waals surface area contributed by atoms with Crippen molar-refractivity contribution in [3.05, 3.63) is 47.7 Å². The summed E-state index contributed by atoms with van der Waals surface area (Å²) in [5.74, 6) is 0.479. The summed E-state index contributed by atoms with van der Waals surface area (Å²) < 4.78 is 27.4. The molecule has 0 spiro atoms. The maximum absolute atomic E-state index is 12.2. The molecule has 0 radical (unpaired) electrons.